The first kappa shape index (κ1) is 17.7. The number of hydrogen-bond acceptors (Lipinski definition) is 5. The molecule has 6 heteroatoms. The Balaban J connectivity index is 1.81. The maximum absolute atomic E-state index is 5.32. The van der Waals surface area contributed by atoms with Crippen LogP contribution in [0.2, 0.25) is 0 Å². The zero-order valence-electron chi connectivity index (χ0n) is 15.1. The Bertz CT molecular complexity index is 1150. The van der Waals surface area contributed by atoms with Gasteiger partial charge in [0.1, 0.15) is 5.75 Å². The van der Waals surface area contributed by atoms with Gasteiger partial charge in [-0.05, 0) is 47.3 Å². The first-order valence-corrected chi connectivity index (χ1v) is 10.4. The largest absolute Gasteiger partial charge is 0.497 e. The average molecular weight is 394 g/mol. The molecule has 0 radical (unpaired) electrons. The summed E-state index contributed by atoms with van der Waals surface area (Å²) in [5, 5.41) is 11.2. The highest BCUT2D eigenvalue weighted by Crippen LogP contribution is 2.27. The van der Waals surface area contributed by atoms with Crippen LogP contribution in [0.3, 0.4) is 0 Å². The van der Waals surface area contributed by atoms with Gasteiger partial charge in [-0.15, -0.1) is 22.7 Å². The first-order chi connectivity index (χ1) is 13.3. The standard InChI is InChI=1S/C21H19N3OS2/c1-3-22-21-24(23-13-19-5-4-10-26-19)20(14-27-21)17-7-6-16-12-18(25-2)9-8-15(16)11-17/h4-14H,3H2,1-2H3. The summed E-state index contributed by atoms with van der Waals surface area (Å²) in [4.78, 5) is 6.61. The number of ether oxygens (including phenoxy) is 1. The van der Waals surface area contributed by atoms with Crippen LogP contribution >= 0.6 is 22.7 Å². The summed E-state index contributed by atoms with van der Waals surface area (Å²) in [5.41, 5.74) is 2.16. The molecule has 2 aromatic heterocycles. The van der Waals surface area contributed by atoms with Gasteiger partial charge in [0, 0.05) is 22.4 Å². The van der Waals surface area contributed by atoms with Crippen LogP contribution < -0.4 is 9.54 Å². The lowest BCUT2D eigenvalue weighted by atomic mass is 10.1. The molecular weight excluding hydrogens is 374 g/mol. The molecule has 0 amide bonds. The van der Waals surface area contributed by atoms with Crippen molar-refractivity contribution in [2.45, 2.75) is 6.92 Å². The SMILES string of the molecule is CCN=c1scc(-c2ccc3cc(OC)ccc3c2)n1N=Cc1cccs1. The number of rotatable bonds is 5. The van der Waals surface area contributed by atoms with Crippen LogP contribution in [0.4, 0.5) is 0 Å². The highest BCUT2D eigenvalue weighted by atomic mass is 32.1. The molecule has 0 saturated heterocycles. The van der Waals surface area contributed by atoms with E-state index >= 15 is 0 Å². The van der Waals surface area contributed by atoms with Crippen molar-refractivity contribution in [2.75, 3.05) is 13.7 Å². The first-order valence-electron chi connectivity index (χ1n) is 8.65. The summed E-state index contributed by atoms with van der Waals surface area (Å²) in [6.45, 7) is 2.77. The van der Waals surface area contributed by atoms with Gasteiger partial charge in [-0.25, -0.2) is 4.68 Å². The Morgan fingerprint density at radius 3 is 2.70 bits per heavy atom. The predicted octanol–water partition coefficient (Wildman–Crippen LogP) is 5.24. The predicted molar refractivity (Wildman–Crippen MR) is 115 cm³/mol. The van der Waals surface area contributed by atoms with Gasteiger partial charge in [0.15, 0.2) is 0 Å². The van der Waals surface area contributed by atoms with Gasteiger partial charge in [-0.1, -0.05) is 24.3 Å². The van der Waals surface area contributed by atoms with E-state index in [9.17, 15) is 0 Å². The molecule has 0 atom stereocenters. The smallest absolute Gasteiger partial charge is 0.206 e. The van der Waals surface area contributed by atoms with E-state index in [1.165, 1.54) is 5.39 Å². The summed E-state index contributed by atoms with van der Waals surface area (Å²) in [7, 11) is 1.69. The van der Waals surface area contributed by atoms with Gasteiger partial charge in [0.25, 0.3) is 0 Å². The van der Waals surface area contributed by atoms with Gasteiger partial charge >= 0.3 is 0 Å². The van der Waals surface area contributed by atoms with Gasteiger partial charge in [0.05, 0.1) is 19.0 Å². The van der Waals surface area contributed by atoms with Gasteiger partial charge in [-0.3, -0.25) is 4.99 Å². The van der Waals surface area contributed by atoms with E-state index in [4.69, 9.17) is 9.84 Å². The number of aromatic nitrogens is 1. The third kappa shape index (κ3) is 3.72. The summed E-state index contributed by atoms with van der Waals surface area (Å²) >= 11 is 3.28. The van der Waals surface area contributed by atoms with Crippen LogP contribution in [0.5, 0.6) is 5.75 Å². The highest BCUT2D eigenvalue weighted by Gasteiger charge is 2.08. The maximum Gasteiger partial charge on any atom is 0.206 e. The second-order valence-electron chi connectivity index (χ2n) is 5.88. The van der Waals surface area contributed by atoms with Gasteiger partial charge in [0.2, 0.25) is 4.80 Å². The molecule has 4 aromatic rings. The van der Waals surface area contributed by atoms with E-state index < -0.39 is 0 Å². The average Bonchev–Trinajstić information content (AvgIpc) is 3.35. The molecular formula is C21H19N3OS2. The van der Waals surface area contributed by atoms with Crippen LogP contribution in [-0.2, 0) is 0 Å². The second-order valence-corrected chi connectivity index (χ2v) is 7.69. The summed E-state index contributed by atoms with van der Waals surface area (Å²) < 4.78 is 7.25. The molecule has 0 saturated carbocycles. The van der Waals surface area contributed by atoms with Gasteiger partial charge < -0.3 is 4.74 Å². The number of fused-ring (bicyclic) bond motifs is 1. The summed E-state index contributed by atoms with van der Waals surface area (Å²) in [5.74, 6) is 0.866. The molecule has 0 N–H and O–H groups in total. The van der Waals surface area contributed by atoms with Crippen LogP contribution in [0.25, 0.3) is 22.0 Å². The quantitative estimate of drug-likeness (QED) is 0.427. The van der Waals surface area contributed by atoms with E-state index in [2.05, 4.69) is 46.1 Å². The van der Waals surface area contributed by atoms with Crippen LogP contribution in [0.1, 0.15) is 11.8 Å². The molecule has 2 aromatic carbocycles. The summed E-state index contributed by atoms with van der Waals surface area (Å²) in [6.07, 6.45) is 1.89. The van der Waals surface area contributed by atoms with Crippen LogP contribution in [-0.4, -0.2) is 24.5 Å². The zero-order chi connectivity index (χ0) is 18.6. The molecule has 27 heavy (non-hydrogen) atoms. The number of hydrogen-bond donors (Lipinski definition) is 0. The van der Waals surface area contributed by atoms with Crippen molar-refractivity contribution in [3.05, 3.63) is 69.0 Å². The monoisotopic (exact) mass is 393 g/mol. The minimum Gasteiger partial charge on any atom is -0.497 e. The van der Waals surface area contributed by atoms with Crippen molar-refractivity contribution in [1.29, 1.82) is 0 Å². The fourth-order valence-electron chi connectivity index (χ4n) is 2.84. The van der Waals surface area contributed by atoms with E-state index in [0.717, 1.165) is 38.6 Å². The van der Waals surface area contributed by atoms with Gasteiger partial charge in [-0.2, -0.15) is 5.10 Å². The zero-order valence-corrected chi connectivity index (χ0v) is 16.8. The van der Waals surface area contributed by atoms with E-state index in [1.54, 1.807) is 29.8 Å². The van der Waals surface area contributed by atoms with Crippen molar-refractivity contribution in [3.63, 3.8) is 0 Å². The summed E-state index contributed by atoms with van der Waals surface area (Å²) in [6, 6.07) is 16.6. The Kier molecular flexibility index (Phi) is 5.18. The van der Waals surface area contributed by atoms with Crippen molar-refractivity contribution >= 4 is 39.7 Å². The lowest BCUT2D eigenvalue weighted by Crippen LogP contribution is -2.12. The molecule has 0 aliphatic rings. The topological polar surface area (TPSA) is 38.9 Å². The third-order valence-corrected chi connectivity index (χ3v) is 5.83. The van der Waals surface area contributed by atoms with Crippen molar-refractivity contribution in [3.8, 4) is 17.0 Å². The number of methoxy groups -OCH3 is 1. The lowest BCUT2D eigenvalue weighted by Gasteiger charge is -2.07. The van der Waals surface area contributed by atoms with Crippen molar-refractivity contribution in [1.82, 2.24) is 4.68 Å². The molecule has 0 fully saturated rings. The lowest BCUT2D eigenvalue weighted by molar-refractivity contribution is 0.415. The number of benzene rings is 2. The van der Waals surface area contributed by atoms with E-state index in [0.29, 0.717) is 0 Å². The minimum atomic E-state index is 0.728. The molecule has 2 heterocycles. The molecule has 0 spiro atoms. The molecule has 4 rings (SSSR count). The third-order valence-electron chi connectivity index (χ3n) is 4.17. The number of nitrogens with zero attached hydrogens (tertiary/aromatic N) is 3. The van der Waals surface area contributed by atoms with E-state index in [1.807, 2.05) is 36.0 Å². The number of thiazole rings is 1. The second kappa shape index (κ2) is 7.90. The van der Waals surface area contributed by atoms with E-state index in [-0.39, 0.29) is 0 Å². The normalized spacial score (nSPS) is 12.3. The minimum absolute atomic E-state index is 0.728. The van der Waals surface area contributed by atoms with Crippen molar-refractivity contribution < 1.29 is 4.74 Å². The highest BCUT2D eigenvalue weighted by molar-refractivity contribution is 7.11. The van der Waals surface area contributed by atoms with Crippen LogP contribution in [0, 0.1) is 0 Å². The maximum atomic E-state index is 5.32. The molecule has 0 aliphatic heterocycles. The Morgan fingerprint density at radius 2 is 1.93 bits per heavy atom. The van der Waals surface area contributed by atoms with Crippen LogP contribution in [0.15, 0.2) is 69.4 Å². The molecule has 0 unspecified atom stereocenters. The molecule has 136 valence electrons. The fraction of sp³-hybridized carbons (Fsp3) is 0.143. The molecule has 0 bridgehead atoms. The van der Waals surface area contributed by atoms with Crippen molar-refractivity contribution in [2.24, 2.45) is 10.1 Å². The Morgan fingerprint density at radius 1 is 1.07 bits per heavy atom. The molecule has 0 aliphatic carbocycles. The molecule has 4 nitrogen and oxygen atoms in total. The Hall–Kier alpha value is -2.70. The fourth-order valence-corrected chi connectivity index (χ4v) is 4.32. The Labute approximate surface area is 165 Å². The number of thiophene rings is 1.